The average Bonchev–Trinajstić information content (AvgIpc) is 3.11. The molecule has 296 valence electrons. The van der Waals surface area contributed by atoms with E-state index in [9.17, 15) is 19.0 Å². The van der Waals surface area contributed by atoms with Crippen molar-refractivity contribution in [2.45, 2.75) is 174 Å². The number of carbonyl (C=O) groups excluding carboxylic acids is 2. The van der Waals surface area contributed by atoms with E-state index in [1.165, 1.54) is 70.6 Å². The Bertz CT molecular complexity index is 981. The smallest absolute Gasteiger partial charge is 0.462 e. The van der Waals surface area contributed by atoms with Crippen molar-refractivity contribution in [3.05, 3.63) is 48.6 Å². The van der Waals surface area contributed by atoms with E-state index in [-0.39, 0.29) is 32.6 Å². The highest BCUT2D eigenvalue weighted by molar-refractivity contribution is 7.47. The number of carbonyl (C=O) groups is 2. The standard InChI is InChI=1S/C41H74NO8P/c1-3-5-7-9-11-13-15-17-19-21-23-25-27-29-31-33-40(43)47-37-39(38-49-51(45,46)48-36-35-42)50-41(44)34-32-30-28-26-24-22-20-18-16-14-12-10-8-6-4-2/h12-15,18,20,24,26,39H,3-11,16-17,19,21-23,25,27-38,42H2,1-2H3,(H,45,46). The fraction of sp³-hybridized carbons (Fsp3) is 0.756. The maximum Gasteiger partial charge on any atom is 0.472 e. The van der Waals surface area contributed by atoms with Crippen LogP contribution in [0.15, 0.2) is 48.6 Å². The summed E-state index contributed by atoms with van der Waals surface area (Å²) in [7, 11) is -4.38. The van der Waals surface area contributed by atoms with E-state index in [2.05, 4.69) is 62.5 Å². The summed E-state index contributed by atoms with van der Waals surface area (Å²) >= 11 is 0. The zero-order chi connectivity index (χ0) is 37.5. The summed E-state index contributed by atoms with van der Waals surface area (Å²) in [6, 6.07) is 0. The quantitative estimate of drug-likeness (QED) is 0.0276. The Hall–Kier alpha value is -2.03. The molecule has 0 radical (unpaired) electrons. The summed E-state index contributed by atoms with van der Waals surface area (Å²) in [6.45, 7) is 3.63. The molecule has 0 aromatic heterocycles. The summed E-state index contributed by atoms with van der Waals surface area (Å²) in [5, 5.41) is 0. The highest BCUT2D eigenvalue weighted by atomic mass is 31.2. The van der Waals surface area contributed by atoms with Gasteiger partial charge in [0.1, 0.15) is 6.61 Å². The second-order valence-electron chi connectivity index (χ2n) is 13.1. The van der Waals surface area contributed by atoms with E-state index in [1.807, 2.05) is 0 Å². The molecule has 0 rings (SSSR count). The lowest BCUT2D eigenvalue weighted by Crippen LogP contribution is -2.29. The van der Waals surface area contributed by atoms with Crippen LogP contribution in [0.3, 0.4) is 0 Å². The Kier molecular flexibility index (Phi) is 36.2. The molecule has 0 fully saturated rings. The Labute approximate surface area is 311 Å². The lowest BCUT2D eigenvalue weighted by Gasteiger charge is -2.19. The third-order valence-electron chi connectivity index (χ3n) is 8.19. The molecule has 51 heavy (non-hydrogen) atoms. The number of esters is 2. The van der Waals surface area contributed by atoms with Crippen LogP contribution < -0.4 is 5.73 Å². The van der Waals surface area contributed by atoms with Crippen LogP contribution in [0, 0.1) is 0 Å². The lowest BCUT2D eigenvalue weighted by molar-refractivity contribution is -0.161. The van der Waals surface area contributed by atoms with Crippen molar-refractivity contribution in [3.63, 3.8) is 0 Å². The molecular weight excluding hydrogens is 665 g/mol. The first kappa shape index (κ1) is 49.0. The number of rotatable bonds is 37. The predicted molar refractivity (Wildman–Crippen MR) is 210 cm³/mol. The molecule has 0 saturated carbocycles. The summed E-state index contributed by atoms with van der Waals surface area (Å²) in [5.74, 6) is -0.881. The number of allylic oxidation sites excluding steroid dienone is 8. The van der Waals surface area contributed by atoms with Gasteiger partial charge in [0, 0.05) is 19.4 Å². The van der Waals surface area contributed by atoms with Crippen molar-refractivity contribution in [1.29, 1.82) is 0 Å². The fourth-order valence-electron chi connectivity index (χ4n) is 5.16. The maximum atomic E-state index is 12.5. The van der Waals surface area contributed by atoms with Crippen molar-refractivity contribution in [2.75, 3.05) is 26.4 Å². The first-order chi connectivity index (χ1) is 24.8. The van der Waals surface area contributed by atoms with Crippen LogP contribution in [0.5, 0.6) is 0 Å². The maximum absolute atomic E-state index is 12.5. The molecule has 0 aromatic carbocycles. The summed E-state index contributed by atoms with van der Waals surface area (Å²) in [6.07, 6.45) is 41.4. The van der Waals surface area contributed by atoms with E-state index >= 15 is 0 Å². The second-order valence-corrected chi connectivity index (χ2v) is 14.6. The minimum absolute atomic E-state index is 0.0452. The van der Waals surface area contributed by atoms with E-state index in [1.54, 1.807) is 0 Å². The van der Waals surface area contributed by atoms with Gasteiger partial charge in [0.2, 0.25) is 0 Å². The van der Waals surface area contributed by atoms with Crippen LogP contribution in [0.2, 0.25) is 0 Å². The molecule has 0 spiro atoms. The number of nitrogens with two attached hydrogens (primary N) is 1. The molecule has 2 atom stereocenters. The Morgan fingerprint density at radius 1 is 0.588 bits per heavy atom. The van der Waals surface area contributed by atoms with Crippen LogP contribution in [-0.2, 0) is 32.7 Å². The fourth-order valence-corrected chi connectivity index (χ4v) is 5.93. The van der Waals surface area contributed by atoms with Gasteiger partial charge in [0.15, 0.2) is 6.10 Å². The molecule has 0 amide bonds. The van der Waals surface area contributed by atoms with Crippen molar-refractivity contribution in [2.24, 2.45) is 5.73 Å². The van der Waals surface area contributed by atoms with Crippen molar-refractivity contribution in [1.82, 2.24) is 0 Å². The number of phosphoric acid groups is 1. The second kappa shape index (κ2) is 37.7. The molecule has 0 aliphatic rings. The summed E-state index contributed by atoms with van der Waals surface area (Å²) < 4.78 is 32.6. The third-order valence-corrected chi connectivity index (χ3v) is 9.17. The highest BCUT2D eigenvalue weighted by Gasteiger charge is 2.25. The Morgan fingerprint density at radius 2 is 1.02 bits per heavy atom. The molecule has 0 saturated heterocycles. The number of hydrogen-bond donors (Lipinski definition) is 2. The van der Waals surface area contributed by atoms with E-state index in [4.69, 9.17) is 24.3 Å². The average molecular weight is 740 g/mol. The number of unbranched alkanes of at least 4 members (excludes halogenated alkanes) is 16. The van der Waals surface area contributed by atoms with Crippen LogP contribution >= 0.6 is 7.82 Å². The number of phosphoric ester groups is 1. The van der Waals surface area contributed by atoms with E-state index in [0.29, 0.717) is 6.42 Å². The minimum atomic E-state index is -4.38. The monoisotopic (exact) mass is 740 g/mol. The van der Waals surface area contributed by atoms with Gasteiger partial charge in [-0.25, -0.2) is 4.57 Å². The molecule has 0 heterocycles. The molecule has 9 nitrogen and oxygen atoms in total. The SMILES string of the molecule is CCCCCC=CCC=CCC=CCCCCC(=O)OC(COC(=O)CCCCCCCCCC=CCCCCCC)COP(=O)(O)OCCN. The largest absolute Gasteiger partial charge is 0.472 e. The van der Waals surface area contributed by atoms with E-state index in [0.717, 1.165) is 64.2 Å². The molecule has 0 aliphatic heterocycles. The van der Waals surface area contributed by atoms with Gasteiger partial charge in [-0.2, -0.15) is 0 Å². The van der Waals surface area contributed by atoms with E-state index < -0.39 is 32.5 Å². The zero-order valence-electron chi connectivity index (χ0n) is 32.3. The van der Waals surface area contributed by atoms with Crippen LogP contribution in [0.1, 0.15) is 168 Å². The summed E-state index contributed by atoms with van der Waals surface area (Å²) in [5.41, 5.74) is 5.33. The van der Waals surface area contributed by atoms with Crippen molar-refractivity contribution in [3.8, 4) is 0 Å². The molecule has 3 N–H and O–H groups in total. The molecule has 2 unspecified atom stereocenters. The first-order valence-corrected chi connectivity index (χ1v) is 21.6. The predicted octanol–water partition coefficient (Wildman–Crippen LogP) is 11.2. The van der Waals surface area contributed by atoms with Gasteiger partial charge in [0.05, 0.1) is 13.2 Å². The lowest BCUT2D eigenvalue weighted by atomic mass is 10.1. The molecule has 0 aromatic rings. The van der Waals surface area contributed by atoms with Crippen LogP contribution in [0.25, 0.3) is 0 Å². The van der Waals surface area contributed by atoms with Gasteiger partial charge in [-0.15, -0.1) is 0 Å². The van der Waals surface area contributed by atoms with Gasteiger partial charge in [0.25, 0.3) is 0 Å². The number of ether oxygens (including phenoxy) is 2. The normalized spacial score (nSPS) is 13.9. The Balaban J connectivity index is 4.28. The topological polar surface area (TPSA) is 134 Å². The van der Waals surface area contributed by atoms with Crippen LogP contribution in [0.4, 0.5) is 0 Å². The third kappa shape index (κ3) is 37.5. The van der Waals surface area contributed by atoms with Crippen LogP contribution in [-0.4, -0.2) is 49.3 Å². The molecule has 0 aliphatic carbocycles. The first-order valence-electron chi connectivity index (χ1n) is 20.1. The van der Waals surface area contributed by atoms with Crippen molar-refractivity contribution < 1.29 is 37.6 Å². The Morgan fingerprint density at radius 3 is 1.61 bits per heavy atom. The highest BCUT2D eigenvalue weighted by Crippen LogP contribution is 2.43. The molecule has 0 bridgehead atoms. The van der Waals surface area contributed by atoms with Gasteiger partial charge in [-0.1, -0.05) is 127 Å². The number of hydrogen-bond acceptors (Lipinski definition) is 8. The van der Waals surface area contributed by atoms with Gasteiger partial charge >= 0.3 is 19.8 Å². The molecular formula is C41H74NO8P. The minimum Gasteiger partial charge on any atom is -0.462 e. The summed E-state index contributed by atoms with van der Waals surface area (Å²) in [4.78, 5) is 34.7. The zero-order valence-corrected chi connectivity index (χ0v) is 33.2. The van der Waals surface area contributed by atoms with Gasteiger partial charge < -0.3 is 20.1 Å². The van der Waals surface area contributed by atoms with Gasteiger partial charge in [-0.3, -0.25) is 18.6 Å². The van der Waals surface area contributed by atoms with Crippen molar-refractivity contribution >= 4 is 19.8 Å². The van der Waals surface area contributed by atoms with Gasteiger partial charge in [-0.05, 0) is 77.0 Å². The molecule has 10 heteroatoms.